The molecule has 2 aromatic rings. The third-order valence-corrected chi connectivity index (χ3v) is 3.03. The van der Waals surface area contributed by atoms with Crippen LogP contribution in [-0.2, 0) is 17.8 Å². The zero-order valence-corrected chi connectivity index (χ0v) is 11.7. The molecular formula is C15H17N3O3. The summed E-state index contributed by atoms with van der Waals surface area (Å²) < 4.78 is 1.73. The predicted molar refractivity (Wildman–Crippen MR) is 76.9 cm³/mol. The van der Waals surface area contributed by atoms with Crippen LogP contribution < -0.4 is 5.32 Å². The highest BCUT2D eigenvalue weighted by Gasteiger charge is 2.14. The number of nitrogens with one attached hydrogen (secondary N) is 1. The first-order chi connectivity index (χ1) is 10.1. The van der Waals surface area contributed by atoms with E-state index in [0.717, 1.165) is 0 Å². The number of aromatic carboxylic acids is 1. The second-order valence-corrected chi connectivity index (χ2v) is 4.84. The summed E-state index contributed by atoms with van der Waals surface area (Å²) in [6, 6.07) is 8.25. The largest absolute Gasteiger partial charge is 0.478 e. The molecule has 0 aliphatic heterocycles. The van der Waals surface area contributed by atoms with E-state index in [1.165, 1.54) is 6.07 Å². The molecule has 0 bridgehead atoms. The van der Waals surface area contributed by atoms with Gasteiger partial charge in [0.15, 0.2) is 0 Å². The van der Waals surface area contributed by atoms with E-state index >= 15 is 0 Å². The number of carbonyl (C=O) groups is 2. The number of carboxylic acids is 1. The zero-order valence-electron chi connectivity index (χ0n) is 11.7. The lowest BCUT2D eigenvalue weighted by Gasteiger charge is -2.14. The lowest BCUT2D eigenvalue weighted by atomic mass is 10.0. The molecule has 1 aromatic carbocycles. The van der Waals surface area contributed by atoms with E-state index in [1.54, 1.807) is 29.1 Å². The normalized spacial score (nSPS) is 11.9. The smallest absolute Gasteiger partial charge is 0.335 e. The lowest BCUT2D eigenvalue weighted by molar-refractivity contribution is -0.121. The summed E-state index contributed by atoms with van der Waals surface area (Å²) in [7, 11) is 0. The third-order valence-electron chi connectivity index (χ3n) is 3.03. The molecule has 0 aliphatic carbocycles. The van der Waals surface area contributed by atoms with Crippen molar-refractivity contribution < 1.29 is 14.7 Å². The summed E-state index contributed by atoms with van der Waals surface area (Å²) in [5.74, 6) is -1.23. The van der Waals surface area contributed by atoms with Gasteiger partial charge in [0.05, 0.1) is 18.5 Å². The topological polar surface area (TPSA) is 84.2 Å². The molecule has 2 rings (SSSR count). The number of benzene rings is 1. The molecule has 0 spiro atoms. The van der Waals surface area contributed by atoms with Crippen molar-refractivity contribution in [1.82, 2.24) is 15.1 Å². The Kier molecular flexibility index (Phi) is 4.71. The second kappa shape index (κ2) is 6.69. The van der Waals surface area contributed by atoms with Gasteiger partial charge in [0.1, 0.15) is 0 Å². The monoisotopic (exact) mass is 287 g/mol. The Labute approximate surface area is 122 Å². The van der Waals surface area contributed by atoms with E-state index in [4.69, 9.17) is 5.11 Å². The van der Waals surface area contributed by atoms with Crippen molar-refractivity contribution >= 4 is 11.9 Å². The molecular weight excluding hydrogens is 270 g/mol. The quantitative estimate of drug-likeness (QED) is 0.839. The van der Waals surface area contributed by atoms with Crippen LogP contribution in [0.3, 0.4) is 0 Å². The molecule has 0 fully saturated rings. The number of carbonyl (C=O) groups excluding carboxylic acids is 1. The molecule has 1 unspecified atom stereocenters. The van der Waals surface area contributed by atoms with Crippen molar-refractivity contribution in [3.63, 3.8) is 0 Å². The Balaban J connectivity index is 1.94. The standard InChI is InChI=1S/C15H17N3O3/c1-11(10-18-8-4-7-16-18)17-14(19)9-12-5-2-3-6-13(12)15(20)21/h2-8,11H,9-10H2,1H3,(H,17,19)(H,20,21). The fourth-order valence-electron chi connectivity index (χ4n) is 2.12. The summed E-state index contributed by atoms with van der Waals surface area (Å²) in [5.41, 5.74) is 0.668. The van der Waals surface area contributed by atoms with Crippen LogP contribution in [0.1, 0.15) is 22.8 Å². The van der Waals surface area contributed by atoms with Gasteiger partial charge in [0.25, 0.3) is 0 Å². The highest BCUT2D eigenvalue weighted by molar-refractivity contribution is 5.91. The van der Waals surface area contributed by atoms with Crippen molar-refractivity contribution in [2.24, 2.45) is 0 Å². The van der Waals surface area contributed by atoms with E-state index in [2.05, 4.69) is 10.4 Å². The minimum absolute atomic E-state index is 0.0475. The van der Waals surface area contributed by atoms with E-state index < -0.39 is 5.97 Å². The Morgan fingerprint density at radius 1 is 1.33 bits per heavy atom. The van der Waals surface area contributed by atoms with Crippen LogP contribution in [0.5, 0.6) is 0 Å². The molecule has 110 valence electrons. The van der Waals surface area contributed by atoms with Gasteiger partial charge in [-0.3, -0.25) is 9.48 Å². The van der Waals surface area contributed by atoms with Gasteiger partial charge in [0.2, 0.25) is 5.91 Å². The number of aromatic nitrogens is 2. The van der Waals surface area contributed by atoms with Crippen molar-refractivity contribution in [2.45, 2.75) is 25.9 Å². The van der Waals surface area contributed by atoms with Gasteiger partial charge < -0.3 is 10.4 Å². The van der Waals surface area contributed by atoms with Crippen molar-refractivity contribution in [3.8, 4) is 0 Å². The summed E-state index contributed by atoms with van der Waals surface area (Å²) >= 11 is 0. The maximum absolute atomic E-state index is 12.0. The molecule has 6 heteroatoms. The Morgan fingerprint density at radius 3 is 2.76 bits per heavy atom. The van der Waals surface area contributed by atoms with Crippen LogP contribution in [0, 0.1) is 0 Å². The highest BCUT2D eigenvalue weighted by atomic mass is 16.4. The van der Waals surface area contributed by atoms with Gasteiger partial charge in [-0.25, -0.2) is 4.79 Å². The average Bonchev–Trinajstić information content (AvgIpc) is 2.91. The highest BCUT2D eigenvalue weighted by Crippen LogP contribution is 2.09. The zero-order chi connectivity index (χ0) is 15.2. The molecule has 0 aliphatic rings. The molecule has 0 saturated heterocycles. The third kappa shape index (κ3) is 4.17. The molecule has 0 saturated carbocycles. The Bertz CT molecular complexity index is 623. The molecule has 1 aromatic heterocycles. The predicted octanol–water partition coefficient (Wildman–Crippen LogP) is 1.33. The molecule has 2 N–H and O–H groups in total. The fourth-order valence-corrected chi connectivity index (χ4v) is 2.12. The van der Waals surface area contributed by atoms with Crippen LogP contribution >= 0.6 is 0 Å². The van der Waals surface area contributed by atoms with E-state index in [-0.39, 0.29) is 23.9 Å². The molecule has 1 heterocycles. The van der Waals surface area contributed by atoms with Gasteiger partial charge in [0, 0.05) is 18.4 Å². The van der Waals surface area contributed by atoms with E-state index in [0.29, 0.717) is 12.1 Å². The maximum atomic E-state index is 12.0. The van der Waals surface area contributed by atoms with Crippen molar-refractivity contribution in [3.05, 3.63) is 53.9 Å². The number of hydrogen-bond donors (Lipinski definition) is 2. The molecule has 6 nitrogen and oxygen atoms in total. The SMILES string of the molecule is CC(Cn1cccn1)NC(=O)Cc1ccccc1C(=O)O. The minimum Gasteiger partial charge on any atom is -0.478 e. The van der Waals surface area contributed by atoms with Crippen LogP contribution in [0.2, 0.25) is 0 Å². The van der Waals surface area contributed by atoms with Gasteiger partial charge >= 0.3 is 5.97 Å². The van der Waals surface area contributed by atoms with E-state index in [9.17, 15) is 9.59 Å². The summed E-state index contributed by atoms with van der Waals surface area (Å²) in [5, 5.41) is 16.0. The van der Waals surface area contributed by atoms with Crippen LogP contribution in [-0.4, -0.2) is 32.8 Å². The van der Waals surface area contributed by atoms with Gasteiger partial charge in [-0.2, -0.15) is 5.10 Å². The van der Waals surface area contributed by atoms with Crippen molar-refractivity contribution in [1.29, 1.82) is 0 Å². The molecule has 21 heavy (non-hydrogen) atoms. The van der Waals surface area contributed by atoms with Crippen LogP contribution in [0.4, 0.5) is 0 Å². The number of rotatable bonds is 6. The minimum atomic E-state index is -1.03. The average molecular weight is 287 g/mol. The maximum Gasteiger partial charge on any atom is 0.335 e. The number of amides is 1. The van der Waals surface area contributed by atoms with Crippen LogP contribution in [0.25, 0.3) is 0 Å². The lowest BCUT2D eigenvalue weighted by Crippen LogP contribution is -2.36. The van der Waals surface area contributed by atoms with Crippen LogP contribution in [0.15, 0.2) is 42.7 Å². The summed E-state index contributed by atoms with van der Waals surface area (Å²) in [6.07, 6.45) is 3.55. The van der Waals surface area contributed by atoms with Gasteiger partial charge in [-0.05, 0) is 24.6 Å². The van der Waals surface area contributed by atoms with Crippen molar-refractivity contribution in [2.75, 3.05) is 0 Å². The first-order valence-electron chi connectivity index (χ1n) is 6.64. The number of hydrogen-bond acceptors (Lipinski definition) is 3. The summed E-state index contributed by atoms with van der Waals surface area (Å²) in [6.45, 7) is 2.45. The Hall–Kier alpha value is -2.63. The van der Waals surface area contributed by atoms with E-state index in [1.807, 2.05) is 19.2 Å². The molecule has 1 atom stereocenters. The second-order valence-electron chi connectivity index (χ2n) is 4.84. The molecule has 0 radical (unpaired) electrons. The first kappa shape index (κ1) is 14.8. The van der Waals surface area contributed by atoms with Gasteiger partial charge in [-0.15, -0.1) is 0 Å². The first-order valence-corrected chi connectivity index (χ1v) is 6.64. The number of carboxylic acid groups (broad SMARTS) is 1. The fraction of sp³-hybridized carbons (Fsp3) is 0.267. The Morgan fingerprint density at radius 2 is 2.10 bits per heavy atom. The number of nitrogens with zero attached hydrogens (tertiary/aromatic N) is 2. The van der Waals surface area contributed by atoms with Gasteiger partial charge in [-0.1, -0.05) is 18.2 Å². The molecule has 1 amide bonds. The summed E-state index contributed by atoms with van der Waals surface area (Å²) in [4.78, 5) is 23.1.